The molecule has 196 valence electrons. The number of amides is 2. The number of likely N-dealkylation sites (tertiary alicyclic amines) is 1. The van der Waals surface area contributed by atoms with E-state index in [-0.39, 0.29) is 17.9 Å². The molecule has 4 heterocycles. The average Bonchev–Trinajstić information content (AvgIpc) is 3.37. The lowest BCUT2D eigenvalue weighted by atomic mass is 10.0. The van der Waals surface area contributed by atoms with E-state index in [1.165, 1.54) is 7.11 Å². The zero-order valence-electron chi connectivity index (χ0n) is 21.5. The van der Waals surface area contributed by atoms with E-state index in [0.717, 1.165) is 48.2 Å². The number of piperidine rings is 1. The Balaban J connectivity index is 1.49. The molecule has 11 nitrogen and oxygen atoms in total. The molecule has 0 saturated carbocycles. The van der Waals surface area contributed by atoms with E-state index in [1.807, 2.05) is 53.9 Å². The third-order valence-electron chi connectivity index (χ3n) is 6.94. The Bertz CT molecular complexity index is 1260. The van der Waals surface area contributed by atoms with Gasteiger partial charge in [0.25, 0.3) is 0 Å². The zero-order valence-corrected chi connectivity index (χ0v) is 21.5. The van der Waals surface area contributed by atoms with Crippen molar-refractivity contribution in [1.82, 2.24) is 24.6 Å². The standard InChI is InChI=1S/C26H33N7O4/c1-17(2)24(34)31-10-8-20(9-11-31)33-23-21(16-27-33)22(29-25(30-23)32-12-14-37-15-13-32)18-4-6-19(7-5-18)28-26(35)36-3/h4-7,16-17,20H,8-15H2,1-3H3,(H,28,35). The van der Waals surface area contributed by atoms with Crippen LogP contribution < -0.4 is 10.2 Å². The SMILES string of the molecule is COC(=O)Nc1ccc(-c2nc(N3CCOCC3)nc3c2cnn3C2CCN(C(=O)C(C)C)CC2)cc1. The minimum atomic E-state index is -0.519. The number of fused-ring (bicyclic) bond motifs is 1. The van der Waals surface area contributed by atoms with Crippen LogP contribution in [-0.2, 0) is 14.3 Å². The van der Waals surface area contributed by atoms with Crippen molar-refractivity contribution in [3.63, 3.8) is 0 Å². The second-order valence-corrected chi connectivity index (χ2v) is 9.70. The molecule has 0 atom stereocenters. The molecule has 2 amide bonds. The van der Waals surface area contributed by atoms with Crippen LogP contribution in [0.1, 0.15) is 32.7 Å². The largest absolute Gasteiger partial charge is 0.453 e. The summed E-state index contributed by atoms with van der Waals surface area (Å²) >= 11 is 0. The van der Waals surface area contributed by atoms with Gasteiger partial charge in [-0.15, -0.1) is 0 Å². The van der Waals surface area contributed by atoms with Crippen molar-refractivity contribution in [2.24, 2.45) is 5.92 Å². The second-order valence-electron chi connectivity index (χ2n) is 9.70. The van der Waals surface area contributed by atoms with Crippen molar-refractivity contribution >= 4 is 34.7 Å². The summed E-state index contributed by atoms with van der Waals surface area (Å²) in [5.74, 6) is 0.854. The monoisotopic (exact) mass is 507 g/mol. The second kappa shape index (κ2) is 10.7. The van der Waals surface area contributed by atoms with Crippen LogP contribution in [0.2, 0.25) is 0 Å². The van der Waals surface area contributed by atoms with Gasteiger partial charge in [0.1, 0.15) is 0 Å². The Morgan fingerprint density at radius 3 is 2.41 bits per heavy atom. The summed E-state index contributed by atoms with van der Waals surface area (Å²) in [6, 6.07) is 7.63. The van der Waals surface area contributed by atoms with Crippen molar-refractivity contribution in [1.29, 1.82) is 0 Å². The molecule has 0 unspecified atom stereocenters. The van der Waals surface area contributed by atoms with Gasteiger partial charge >= 0.3 is 6.09 Å². The van der Waals surface area contributed by atoms with E-state index >= 15 is 0 Å². The van der Waals surface area contributed by atoms with Crippen LogP contribution in [-0.4, -0.2) is 83.2 Å². The first-order chi connectivity index (χ1) is 17.9. The van der Waals surface area contributed by atoms with Crippen LogP contribution in [0.15, 0.2) is 30.5 Å². The first kappa shape index (κ1) is 24.9. The molecule has 1 N–H and O–H groups in total. The number of rotatable bonds is 5. The number of hydrogen-bond donors (Lipinski definition) is 1. The van der Waals surface area contributed by atoms with Crippen molar-refractivity contribution < 1.29 is 19.1 Å². The average molecular weight is 508 g/mol. The minimum Gasteiger partial charge on any atom is -0.453 e. The van der Waals surface area contributed by atoms with Crippen LogP contribution in [0.5, 0.6) is 0 Å². The van der Waals surface area contributed by atoms with E-state index in [4.69, 9.17) is 19.8 Å². The number of ether oxygens (including phenoxy) is 2. The number of nitrogens with zero attached hydrogens (tertiary/aromatic N) is 6. The first-order valence-corrected chi connectivity index (χ1v) is 12.8. The molecule has 2 aromatic heterocycles. The van der Waals surface area contributed by atoms with Gasteiger partial charge in [0.2, 0.25) is 11.9 Å². The molecule has 2 fully saturated rings. The van der Waals surface area contributed by atoms with Crippen molar-refractivity contribution in [2.75, 3.05) is 56.7 Å². The Morgan fingerprint density at radius 1 is 1.05 bits per heavy atom. The predicted octanol–water partition coefficient (Wildman–Crippen LogP) is 3.33. The van der Waals surface area contributed by atoms with Gasteiger partial charge in [-0.3, -0.25) is 10.1 Å². The van der Waals surface area contributed by atoms with Gasteiger partial charge in [-0.2, -0.15) is 10.1 Å². The molecule has 11 heteroatoms. The summed E-state index contributed by atoms with van der Waals surface area (Å²) in [5, 5.41) is 8.30. The quantitative estimate of drug-likeness (QED) is 0.559. The fraction of sp³-hybridized carbons (Fsp3) is 0.500. The lowest BCUT2D eigenvalue weighted by Gasteiger charge is -2.33. The molecular weight excluding hydrogens is 474 g/mol. The number of morpholine rings is 1. The smallest absolute Gasteiger partial charge is 0.411 e. The normalized spacial score (nSPS) is 16.9. The van der Waals surface area contributed by atoms with E-state index in [1.54, 1.807) is 0 Å². The molecule has 0 radical (unpaired) electrons. The number of hydrogen-bond acceptors (Lipinski definition) is 8. The van der Waals surface area contributed by atoms with Crippen LogP contribution in [0.25, 0.3) is 22.3 Å². The molecular formula is C26H33N7O4. The molecule has 2 aliphatic heterocycles. The summed E-state index contributed by atoms with van der Waals surface area (Å²) in [4.78, 5) is 38.1. The number of aromatic nitrogens is 4. The fourth-order valence-corrected chi connectivity index (χ4v) is 4.88. The highest BCUT2D eigenvalue weighted by Gasteiger charge is 2.28. The van der Waals surface area contributed by atoms with Crippen molar-refractivity contribution in [3.05, 3.63) is 30.5 Å². The van der Waals surface area contributed by atoms with E-state index in [2.05, 4.69) is 15.0 Å². The van der Waals surface area contributed by atoms with Gasteiger partial charge in [-0.1, -0.05) is 26.0 Å². The Morgan fingerprint density at radius 2 is 1.76 bits per heavy atom. The topological polar surface area (TPSA) is 115 Å². The van der Waals surface area contributed by atoms with Gasteiger partial charge in [-0.25, -0.2) is 14.5 Å². The Kier molecular flexibility index (Phi) is 7.22. The highest BCUT2D eigenvalue weighted by atomic mass is 16.5. The maximum atomic E-state index is 12.5. The summed E-state index contributed by atoms with van der Waals surface area (Å²) in [7, 11) is 1.33. The molecule has 5 rings (SSSR count). The van der Waals surface area contributed by atoms with E-state index in [9.17, 15) is 9.59 Å². The molecule has 2 saturated heterocycles. The van der Waals surface area contributed by atoms with E-state index in [0.29, 0.717) is 37.9 Å². The molecule has 37 heavy (non-hydrogen) atoms. The number of anilines is 2. The first-order valence-electron chi connectivity index (χ1n) is 12.8. The Labute approximate surface area is 215 Å². The number of benzene rings is 1. The van der Waals surface area contributed by atoms with Gasteiger partial charge in [0.15, 0.2) is 5.65 Å². The van der Waals surface area contributed by atoms with Gasteiger partial charge in [0, 0.05) is 43.3 Å². The maximum absolute atomic E-state index is 12.5. The van der Waals surface area contributed by atoms with Crippen molar-refractivity contribution in [2.45, 2.75) is 32.7 Å². The molecule has 1 aromatic carbocycles. The number of carbonyl (C=O) groups excluding carboxylic acids is 2. The summed E-state index contributed by atoms with van der Waals surface area (Å²) in [5.41, 5.74) is 3.11. The molecule has 0 spiro atoms. The van der Waals surface area contributed by atoms with Gasteiger partial charge in [-0.05, 0) is 25.0 Å². The predicted molar refractivity (Wildman–Crippen MR) is 140 cm³/mol. The minimum absolute atomic E-state index is 0.00247. The molecule has 0 aliphatic carbocycles. The van der Waals surface area contributed by atoms with Crippen LogP contribution in [0.3, 0.4) is 0 Å². The Hall–Kier alpha value is -3.73. The van der Waals surface area contributed by atoms with E-state index < -0.39 is 6.09 Å². The van der Waals surface area contributed by atoms with Crippen molar-refractivity contribution in [3.8, 4) is 11.3 Å². The summed E-state index contributed by atoms with van der Waals surface area (Å²) < 4.78 is 12.2. The summed E-state index contributed by atoms with van der Waals surface area (Å²) in [6.45, 7) is 8.02. The number of methoxy groups -OCH3 is 1. The molecule has 2 aliphatic rings. The van der Waals surface area contributed by atoms with Gasteiger partial charge < -0.3 is 19.3 Å². The molecule has 0 bridgehead atoms. The number of carbonyl (C=O) groups is 2. The highest BCUT2D eigenvalue weighted by Crippen LogP contribution is 2.33. The van der Waals surface area contributed by atoms with Gasteiger partial charge in [0.05, 0.1) is 43.6 Å². The lowest BCUT2D eigenvalue weighted by Crippen LogP contribution is -2.41. The third kappa shape index (κ3) is 5.22. The zero-order chi connectivity index (χ0) is 25.9. The number of nitrogens with one attached hydrogen (secondary N) is 1. The summed E-state index contributed by atoms with van der Waals surface area (Å²) in [6.07, 6.45) is 2.97. The lowest BCUT2D eigenvalue weighted by molar-refractivity contribution is -0.135. The third-order valence-corrected chi connectivity index (χ3v) is 6.94. The highest BCUT2D eigenvalue weighted by molar-refractivity contribution is 5.92. The van der Waals surface area contributed by atoms with Crippen LogP contribution in [0, 0.1) is 5.92 Å². The van der Waals surface area contributed by atoms with Crippen LogP contribution in [0.4, 0.5) is 16.4 Å². The fourth-order valence-electron chi connectivity index (χ4n) is 4.88. The maximum Gasteiger partial charge on any atom is 0.411 e. The van der Waals surface area contributed by atoms with Crippen LogP contribution >= 0.6 is 0 Å². The molecule has 3 aromatic rings.